The summed E-state index contributed by atoms with van der Waals surface area (Å²) in [4.78, 5) is 15.6. The number of Topliss-reactive ketones (excluding diaryl/α,β-unsaturated/α-hetero) is 1. The summed E-state index contributed by atoms with van der Waals surface area (Å²) in [5.41, 5.74) is 1.66. The minimum atomic E-state index is 0.139. The molecule has 3 nitrogen and oxygen atoms in total. The van der Waals surface area contributed by atoms with Crippen LogP contribution in [0.2, 0.25) is 0 Å². The molecule has 68 valence electrons. The third-order valence-electron chi connectivity index (χ3n) is 2.28. The molecule has 0 saturated carbocycles. The number of nitrogens with zero attached hydrogens (tertiary/aromatic N) is 1. The summed E-state index contributed by atoms with van der Waals surface area (Å²) in [6, 6.07) is 3.73. The second kappa shape index (κ2) is 3.17. The minimum Gasteiger partial charge on any atom is -0.481 e. The number of aryl methyl sites for hydroxylation is 1. The average molecular weight is 177 g/mol. The first-order chi connectivity index (χ1) is 6.31. The van der Waals surface area contributed by atoms with E-state index in [4.69, 9.17) is 4.74 Å². The molecule has 0 atom stereocenters. The SMILES string of the molecule is COc1ccc2c(n1)C(=O)CCC2. The van der Waals surface area contributed by atoms with Gasteiger partial charge in [-0.1, -0.05) is 6.07 Å². The number of carbonyl (C=O) groups excluding carboxylic acids is 1. The van der Waals surface area contributed by atoms with Gasteiger partial charge in [-0.05, 0) is 18.4 Å². The second-order valence-corrected chi connectivity index (χ2v) is 3.14. The summed E-state index contributed by atoms with van der Waals surface area (Å²) in [7, 11) is 1.56. The number of ketones is 1. The van der Waals surface area contributed by atoms with Gasteiger partial charge in [0.25, 0.3) is 0 Å². The van der Waals surface area contributed by atoms with Gasteiger partial charge in [-0.15, -0.1) is 0 Å². The lowest BCUT2D eigenvalue weighted by Gasteiger charge is -2.13. The summed E-state index contributed by atoms with van der Waals surface area (Å²) in [6.07, 6.45) is 2.52. The van der Waals surface area contributed by atoms with Crippen LogP contribution in [-0.2, 0) is 6.42 Å². The molecule has 0 saturated heterocycles. The van der Waals surface area contributed by atoms with Gasteiger partial charge in [-0.2, -0.15) is 0 Å². The van der Waals surface area contributed by atoms with Crippen molar-refractivity contribution in [2.75, 3.05) is 7.11 Å². The number of aromatic nitrogens is 1. The molecule has 13 heavy (non-hydrogen) atoms. The number of carbonyl (C=O) groups is 1. The fraction of sp³-hybridized carbons (Fsp3) is 0.400. The third-order valence-corrected chi connectivity index (χ3v) is 2.28. The van der Waals surface area contributed by atoms with Gasteiger partial charge in [0.1, 0.15) is 5.69 Å². The van der Waals surface area contributed by atoms with Crippen molar-refractivity contribution in [2.45, 2.75) is 19.3 Å². The molecular formula is C10H11NO2. The molecule has 1 aliphatic rings. The van der Waals surface area contributed by atoms with Crippen LogP contribution < -0.4 is 4.74 Å². The fourth-order valence-electron chi connectivity index (χ4n) is 1.58. The quantitative estimate of drug-likeness (QED) is 0.654. The van der Waals surface area contributed by atoms with Crippen LogP contribution in [0, 0.1) is 0 Å². The van der Waals surface area contributed by atoms with Gasteiger partial charge in [0.15, 0.2) is 5.78 Å². The van der Waals surface area contributed by atoms with Crippen LogP contribution in [0.4, 0.5) is 0 Å². The van der Waals surface area contributed by atoms with Crippen molar-refractivity contribution in [3.05, 3.63) is 23.4 Å². The van der Waals surface area contributed by atoms with Crippen LogP contribution >= 0.6 is 0 Å². The molecule has 0 fully saturated rings. The third kappa shape index (κ3) is 1.41. The molecule has 1 heterocycles. The number of fused-ring (bicyclic) bond motifs is 1. The average Bonchev–Trinajstić information content (AvgIpc) is 2.18. The lowest BCUT2D eigenvalue weighted by atomic mass is 9.95. The highest BCUT2D eigenvalue weighted by Gasteiger charge is 2.18. The highest BCUT2D eigenvalue weighted by Crippen LogP contribution is 2.21. The minimum absolute atomic E-state index is 0.139. The molecule has 0 unspecified atom stereocenters. The van der Waals surface area contributed by atoms with E-state index in [0.29, 0.717) is 18.0 Å². The highest BCUT2D eigenvalue weighted by molar-refractivity contribution is 5.96. The van der Waals surface area contributed by atoms with E-state index in [9.17, 15) is 4.79 Å². The Kier molecular flexibility index (Phi) is 2.00. The number of hydrogen-bond acceptors (Lipinski definition) is 3. The molecule has 0 N–H and O–H groups in total. The van der Waals surface area contributed by atoms with Crippen molar-refractivity contribution in [2.24, 2.45) is 0 Å². The van der Waals surface area contributed by atoms with E-state index >= 15 is 0 Å². The van der Waals surface area contributed by atoms with E-state index in [2.05, 4.69) is 4.98 Å². The van der Waals surface area contributed by atoms with Gasteiger partial charge in [0.05, 0.1) is 7.11 Å². The van der Waals surface area contributed by atoms with Crippen LogP contribution in [0.25, 0.3) is 0 Å². The monoisotopic (exact) mass is 177 g/mol. The van der Waals surface area contributed by atoms with Crippen LogP contribution in [0.5, 0.6) is 5.88 Å². The number of pyridine rings is 1. The van der Waals surface area contributed by atoms with Gasteiger partial charge in [-0.3, -0.25) is 4.79 Å². The predicted octanol–water partition coefficient (Wildman–Crippen LogP) is 1.61. The van der Waals surface area contributed by atoms with Gasteiger partial charge in [-0.25, -0.2) is 4.98 Å². The van der Waals surface area contributed by atoms with Gasteiger partial charge >= 0.3 is 0 Å². The van der Waals surface area contributed by atoms with E-state index in [1.54, 1.807) is 13.2 Å². The van der Waals surface area contributed by atoms with Crippen molar-refractivity contribution >= 4 is 5.78 Å². The van der Waals surface area contributed by atoms with E-state index in [-0.39, 0.29) is 5.78 Å². The molecule has 0 aromatic carbocycles. The van der Waals surface area contributed by atoms with Gasteiger partial charge in [0, 0.05) is 12.5 Å². The Morgan fingerprint density at radius 1 is 1.38 bits per heavy atom. The van der Waals surface area contributed by atoms with E-state index < -0.39 is 0 Å². The molecule has 3 heteroatoms. The molecule has 0 radical (unpaired) electrons. The van der Waals surface area contributed by atoms with E-state index in [1.165, 1.54) is 0 Å². The zero-order valence-electron chi connectivity index (χ0n) is 7.54. The standard InChI is InChI=1S/C10H11NO2/c1-13-9-6-5-7-3-2-4-8(12)10(7)11-9/h5-6H,2-4H2,1H3. The summed E-state index contributed by atoms with van der Waals surface area (Å²) >= 11 is 0. The van der Waals surface area contributed by atoms with Crippen molar-refractivity contribution < 1.29 is 9.53 Å². The first-order valence-corrected chi connectivity index (χ1v) is 4.38. The summed E-state index contributed by atoms with van der Waals surface area (Å²) in [5, 5.41) is 0. The molecule has 1 aromatic rings. The Morgan fingerprint density at radius 2 is 2.23 bits per heavy atom. The number of methoxy groups -OCH3 is 1. The number of ether oxygens (including phenoxy) is 1. The van der Waals surface area contributed by atoms with E-state index in [1.807, 2.05) is 6.07 Å². The Hall–Kier alpha value is -1.38. The fourth-order valence-corrected chi connectivity index (χ4v) is 1.58. The van der Waals surface area contributed by atoms with Crippen LogP contribution in [-0.4, -0.2) is 17.9 Å². The van der Waals surface area contributed by atoms with Crippen molar-refractivity contribution in [3.8, 4) is 5.88 Å². The molecule has 1 aromatic heterocycles. The Balaban J connectivity index is 2.47. The first-order valence-electron chi connectivity index (χ1n) is 4.38. The van der Waals surface area contributed by atoms with E-state index in [0.717, 1.165) is 18.4 Å². The maximum atomic E-state index is 11.4. The summed E-state index contributed by atoms with van der Waals surface area (Å²) < 4.78 is 4.97. The van der Waals surface area contributed by atoms with Gasteiger partial charge in [0.2, 0.25) is 5.88 Å². The molecule has 0 amide bonds. The first kappa shape index (κ1) is 8.23. The summed E-state index contributed by atoms with van der Waals surface area (Å²) in [5.74, 6) is 0.661. The summed E-state index contributed by atoms with van der Waals surface area (Å²) in [6.45, 7) is 0. The molecule has 0 spiro atoms. The zero-order chi connectivity index (χ0) is 9.26. The largest absolute Gasteiger partial charge is 0.481 e. The zero-order valence-corrected chi connectivity index (χ0v) is 7.54. The smallest absolute Gasteiger partial charge is 0.213 e. The predicted molar refractivity (Wildman–Crippen MR) is 48.1 cm³/mol. The van der Waals surface area contributed by atoms with Crippen LogP contribution in [0.3, 0.4) is 0 Å². The Morgan fingerprint density at radius 3 is 3.00 bits per heavy atom. The topological polar surface area (TPSA) is 39.2 Å². The molecular weight excluding hydrogens is 166 g/mol. The van der Waals surface area contributed by atoms with Crippen molar-refractivity contribution in [1.29, 1.82) is 0 Å². The second-order valence-electron chi connectivity index (χ2n) is 3.14. The van der Waals surface area contributed by atoms with Crippen molar-refractivity contribution in [1.82, 2.24) is 4.98 Å². The maximum Gasteiger partial charge on any atom is 0.213 e. The molecule has 1 aliphatic carbocycles. The lowest BCUT2D eigenvalue weighted by molar-refractivity contribution is 0.0966. The Bertz CT molecular complexity index is 347. The van der Waals surface area contributed by atoms with Gasteiger partial charge < -0.3 is 4.74 Å². The van der Waals surface area contributed by atoms with Crippen LogP contribution in [0.15, 0.2) is 12.1 Å². The highest BCUT2D eigenvalue weighted by atomic mass is 16.5. The normalized spacial score (nSPS) is 15.3. The Labute approximate surface area is 76.7 Å². The number of hydrogen-bond donors (Lipinski definition) is 0. The molecule has 0 aliphatic heterocycles. The lowest BCUT2D eigenvalue weighted by Crippen LogP contribution is -2.13. The molecule has 0 bridgehead atoms. The maximum absolute atomic E-state index is 11.4. The van der Waals surface area contributed by atoms with Crippen molar-refractivity contribution in [3.63, 3.8) is 0 Å². The number of rotatable bonds is 1. The molecule has 2 rings (SSSR count). The van der Waals surface area contributed by atoms with Crippen LogP contribution in [0.1, 0.15) is 28.9 Å².